The molecule has 0 aliphatic heterocycles. The lowest BCUT2D eigenvalue weighted by Gasteiger charge is -2.14. The highest BCUT2D eigenvalue weighted by molar-refractivity contribution is 6.43. The van der Waals surface area contributed by atoms with Gasteiger partial charge in [-0.2, -0.15) is 0 Å². The van der Waals surface area contributed by atoms with Crippen molar-refractivity contribution in [2.24, 2.45) is 0 Å². The quantitative estimate of drug-likeness (QED) is 0.710. The summed E-state index contributed by atoms with van der Waals surface area (Å²) in [6, 6.07) is 7.46. The Morgan fingerprint density at radius 2 is 1.79 bits per heavy atom. The Kier molecular flexibility index (Phi) is 2.81. The molecule has 0 aromatic heterocycles. The molecule has 1 aromatic carbocycles. The molecule has 1 aliphatic rings. The van der Waals surface area contributed by atoms with Crippen molar-refractivity contribution in [3.63, 3.8) is 0 Å². The van der Waals surface area contributed by atoms with Gasteiger partial charge in [0.15, 0.2) is 0 Å². The van der Waals surface area contributed by atoms with Gasteiger partial charge in [0.05, 0.1) is 0 Å². The fourth-order valence-corrected chi connectivity index (χ4v) is 2.75. The molecular weight excluding hydrogens is 192 g/mol. The van der Waals surface area contributed by atoms with Crippen LogP contribution in [0.4, 0.5) is 0 Å². The minimum Gasteiger partial charge on any atom is -0.400 e. The Labute approximate surface area is 86.0 Å². The maximum atomic E-state index is 5.29. The molecule has 0 N–H and O–H groups in total. The fraction of sp³-hybridized carbons (Fsp3) is 0.273. The van der Waals surface area contributed by atoms with Crippen LogP contribution in [0.2, 0.25) is 0 Å². The van der Waals surface area contributed by atoms with Crippen LogP contribution in [-0.2, 0) is 14.9 Å². The highest BCUT2D eigenvalue weighted by atomic mass is 28.3. The van der Waals surface area contributed by atoms with Gasteiger partial charge in [0.1, 0.15) is 0 Å². The standard InChI is InChI=1S/C11H14O2Si/c1-12-14(13-2)8-9-3-4-10-5-6-11(10)7-9/h3-7,14H,8H2,1-2H3. The summed E-state index contributed by atoms with van der Waals surface area (Å²) in [5.41, 5.74) is 3.98. The van der Waals surface area contributed by atoms with E-state index >= 15 is 0 Å². The summed E-state index contributed by atoms with van der Waals surface area (Å²) in [5.74, 6) is 0. The largest absolute Gasteiger partial charge is 0.400 e. The molecule has 2 nitrogen and oxygen atoms in total. The average molecular weight is 206 g/mol. The van der Waals surface area contributed by atoms with Crippen LogP contribution < -0.4 is 0 Å². The lowest BCUT2D eigenvalue weighted by atomic mass is 9.96. The maximum absolute atomic E-state index is 5.29. The van der Waals surface area contributed by atoms with Gasteiger partial charge >= 0.3 is 9.28 Å². The van der Waals surface area contributed by atoms with E-state index in [1.165, 1.54) is 16.7 Å². The molecule has 0 bridgehead atoms. The molecule has 0 saturated heterocycles. The Hall–Kier alpha value is -0.903. The zero-order chi connectivity index (χ0) is 9.97. The Balaban J connectivity index is 2.07. The van der Waals surface area contributed by atoms with E-state index in [1.54, 1.807) is 14.2 Å². The molecule has 0 radical (unpaired) electrons. The molecule has 2 rings (SSSR count). The van der Waals surface area contributed by atoms with Crippen molar-refractivity contribution >= 4 is 21.4 Å². The van der Waals surface area contributed by atoms with Crippen molar-refractivity contribution in [1.82, 2.24) is 0 Å². The van der Waals surface area contributed by atoms with Crippen molar-refractivity contribution < 1.29 is 8.85 Å². The number of hydrogen-bond acceptors (Lipinski definition) is 2. The summed E-state index contributed by atoms with van der Waals surface area (Å²) in [5, 5.41) is 0. The Bertz CT molecular complexity index is 356. The number of hydrogen-bond donors (Lipinski definition) is 0. The zero-order valence-electron chi connectivity index (χ0n) is 8.49. The summed E-state index contributed by atoms with van der Waals surface area (Å²) in [7, 11) is 1.99. The highest BCUT2D eigenvalue weighted by Gasteiger charge is 2.12. The van der Waals surface area contributed by atoms with Gasteiger partial charge in [-0.3, -0.25) is 0 Å². The van der Waals surface area contributed by atoms with Crippen molar-refractivity contribution in [2.45, 2.75) is 6.04 Å². The van der Waals surface area contributed by atoms with Crippen LogP contribution in [-0.4, -0.2) is 23.5 Å². The smallest absolute Gasteiger partial charge is 0.325 e. The average Bonchev–Trinajstić information content (AvgIpc) is 2.18. The number of rotatable bonds is 4. The van der Waals surface area contributed by atoms with E-state index in [0.29, 0.717) is 0 Å². The first-order valence-corrected chi connectivity index (χ1v) is 6.46. The van der Waals surface area contributed by atoms with Gasteiger partial charge in [-0.05, 0) is 16.7 Å². The van der Waals surface area contributed by atoms with Gasteiger partial charge in [0.2, 0.25) is 0 Å². The first-order valence-electron chi connectivity index (χ1n) is 4.70. The third-order valence-electron chi connectivity index (χ3n) is 2.52. The van der Waals surface area contributed by atoms with Crippen LogP contribution in [0.5, 0.6) is 0 Å². The molecule has 0 saturated carbocycles. The van der Waals surface area contributed by atoms with Gasteiger partial charge in [-0.15, -0.1) is 0 Å². The van der Waals surface area contributed by atoms with Crippen molar-refractivity contribution in [3.05, 3.63) is 34.9 Å². The van der Waals surface area contributed by atoms with E-state index in [-0.39, 0.29) is 0 Å². The Morgan fingerprint density at radius 3 is 2.29 bits per heavy atom. The lowest BCUT2D eigenvalue weighted by Crippen LogP contribution is -2.22. The SMILES string of the molecule is CO[SiH](Cc1ccc2c(c1)C=C2)OC. The van der Waals surface area contributed by atoms with E-state index < -0.39 is 9.28 Å². The van der Waals surface area contributed by atoms with Crippen LogP contribution in [0, 0.1) is 0 Å². The monoisotopic (exact) mass is 206 g/mol. The van der Waals surface area contributed by atoms with Gasteiger partial charge in [-0.1, -0.05) is 30.4 Å². The number of fused-ring (bicyclic) bond motifs is 1. The van der Waals surface area contributed by atoms with Crippen LogP contribution in [0.15, 0.2) is 18.2 Å². The van der Waals surface area contributed by atoms with Gasteiger partial charge < -0.3 is 8.85 Å². The molecule has 74 valence electrons. The summed E-state index contributed by atoms with van der Waals surface area (Å²) >= 11 is 0. The van der Waals surface area contributed by atoms with E-state index in [4.69, 9.17) is 8.85 Å². The predicted molar refractivity (Wildman–Crippen MR) is 60.2 cm³/mol. The van der Waals surface area contributed by atoms with E-state index in [9.17, 15) is 0 Å². The molecule has 0 spiro atoms. The molecular formula is C11H14O2Si. The van der Waals surface area contributed by atoms with Crippen LogP contribution in [0.3, 0.4) is 0 Å². The second kappa shape index (κ2) is 4.08. The van der Waals surface area contributed by atoms with Crippen molar-refractivity contribution in [3.8, 4) is 0 Å². The minimum atomic E-state index is -1.46. The van der Waals surface area contributed by atoms with Gasteiger partial charge in [0, 0.05) is 20.3 Å². The third-order valence-corrected chi connectivity index (χ3v) is 4.38. The van der Waals surface area contributed by atoms with Crippen molar-refractivity contribution in [1.29, 1.82) is 0 Å². The molecule has 0 fully saturated rings. The third kappa shape index (κ3) is 1.80. The molecule has 1 aliphatic carbocycles. The Morgan fingerprint density at radius 1 is 1.07 bits per heavy atom. The van der Waals surface area contributed by atoms with Gasteiger partial charge in [0.25, 0.3) is 0 Å². The maximum Gasteiger partial charge on any atom is 0.325 e. The summed E-state index contributed by atoms with van der Waals surface area (Å²) in [6.45, 7) is 0. The van der Waals surface area contributed by atoms with E-state index in [0.717, 1.165) is 6.04 Å². The molecule has 0 atom stereocenters. The van der Waals surface area contributed by atoms with Crippen LogP contribution in [0.1, 0.15) is 16.7 Å². The fourth-order valence-electron chi connectivity index (χ4n) is 1.59. The molecule has 3 heteroatoms. The van der Waals surface area contributed by atoms with Crippen molar-refractivity contribution in [2.75, 3.05) is 14.2 Å². The summed E-state index contributed by atoms with van der Waals surface area (Å²) < 4.78 is 10.6. The van der Waals surface area contributed by atoms with E-state index in [1.807, 2.05) is 0 Å². The number of benzene rings is 1. The molecule has 0 amide bonds. The normalized spacial score (nSPS) is 12.8. The highest BCUT2D eigenvalue weighted by Crippen LogP contribution is 2.24. The molecule has 0 heterocycles. The van der Waals surface area contributed by atoms with Crippen LogP contribution >= 0.6 is 0 Å². The topological polar surface area (TPSA) is 18.5 Å². The summed E-state index contributed by atoms with van der Waals surface area (Å²) in [6.07, 6.45) is 4.26. The molecule has 14 heavy (non-hydrogen) atoms. The molecule has 0 unspecified atom stereocenters. The summed E-state index contributed by atoms with van der Waals surface area (Å²) in [4.78, 5) is 0. The van der Waals surface area contributed by atoms with E-state index in [2.05, 4.69) is 30.4 Å². The lowest BCUT2D eigenvalue weighted by molar-refractivity contribution is 0.277. The zero-order valence-corrected chi connectivity index (χ0v) is 9.64. The predicted octanol–water partition coefficient (Wildman–Crippen LogP) is 1.77. The second-order valence-corrected chi connectivity index (χ2v) is 5.61. The first-order chi connectivity index (χ1) is 6.83. The van der Waals surface area contributed by atoms with Gasteiger partial charge in [-0.25, -0.2) is 0 Å². The second-order valence-electron chi connectivity index (χ2n) is 3.40. The minimum absolute atomic E-state index is 0.939. The van der Waals surface area contributed by atoms with Crippen LogP contribution in [0.25, 0.3) is 12.2 Å². The first kappa shape index (κ1) is 9.64. The molecule has 1 aromatic rings.